The first-order valence-corrected chi connectivity index (χ1v) is 11.1. The van der Waals surface area contributed by atoms with Gasteiger partial charge in [-0.05, 0) is 49.1 Å². The van der Waals surface area contributed by atoms with Gasteiger partial charge in [-0.3, -0.25) is 9.98 Å². The van der Waals surface area contributed by atoms with Gasteiger partial charge in [-0.15, -0.1) is 0 Å². The molecule has 2 saturated heterocycles. The molecule has 3 aliphatic heterocycles. The van der Waals surface area contributed by atoms with Crippen LogP contribution in [-0.2, 0) is 0 Å². The summed E-state index contributed by atoms with van der Waals surface area (Å²) in [5.74, 6) is 1.15. The minimum atomic E-state index is 0.0840. The standard InChI is InChI=1S/C22H26N4S/c1-2-17-15-27-22-24-20(19-7-3-4-12-23-19)21(26(17)22)16-8-10-18(11-9-16)25-13-5-6-14-25/h3-4,7-12,17,20-21H,2,5-6,13-15H2,1H3/t17-,20-,21-/m1/s1. The van der Waals surface area contributed by atoms with E-state index in [1.54, 1.807) is 0 Å². The van der Waals surface area contributed by atoms with Crippen molar-refractivity contribution >= 4 is 22.6 Å². The maximum absolute atomic E-state index is 5.11. The lowest BCUT2D eigenvalue weighted by Gasteiger charge is -2.32. The Balaban J connectivity index is 1.50. The molecule has 0 radical (unpaired) electrons. The van der Waals surface area contributed by atoms with Crippen molar-refractivity contribution in [3.63, 3.8) is 0 Å². The van der Waals surface area contributed by atoms with Crippen molar-refractivity contribution in [2.75, 3.05) is 23.7 Å². The summed E-state index contributed by atoms with van der Waals surface area (Å²) in [5, 5.41) is 1.20. The Bertz CT molecular complexity index is 814. The molecule has 0 unspecified atom stereocenters. The van der Waals surface area contributed by atoms with Crippen LogP contribution in [0.2, 0.25) is 0 Å². The van der Waals surface area contributed by atoms with Crippen LogP contribution in [0, 0.1) is 0 Å². The number of rotatable bonds is 4. The van der Waals surface area contributed by atoms with Gasteiger partial charge in [0.15, 0.2) is 5.17 Å². The number of fused-ring (bicyclic) bond motifs is 1. The maximum Gasteiger partial charge on any atom is 0.160 e. The summed E-state index contributed by atoms with van der Waals surface area (Å²) in [4.78, 5) is 14.8. The third-order valence-corrected chi connectivity index (χ3v) is 7.16. The highest BCUT2D eigenvalue weighted by molar-refractivity contribution is 8.14. The van der Waals surface area contributed by atoms with Crippen LogP contribution in [0.15, 0.2) is 53.7 Å². The average molecular weight is 379 g/mol. The highest BCUT2D eigenvalue weighted by Crippen LogP contribution is 2.48. The number of aliphatic imine (C=N–C) groups is 1. The number of hydrogen-bond donors (Lipinski definition) is 0. The molecule has 2 fully saturated rings. The van der Waals surface area contributed by atoms with Gasteiger partial charge < -0.3 is 9.80 Å². The van der Waals surface area contributed by atoms with Gasteiger partial charge in [0, 0.05) is 36.8 Å². The van der Waals surface area contributed by atoms with Crippen LogP contribution in [0.5, 0.6) is 0 Å². The van der Waals surface area contributed by atoms with Crippen molar-refractivity contribution in [2.24, 2.45) is 4.99 Å². The molecule has 5 heteroatoms. The summed E-state index contributed by atoms with van der Waals surface area (Å²) in [6.07, 6.45) is 5.67. The Kier molecular flexibility index (Phi) is 4.56. The zero-order valence-corrected chi connectivity index (χ0v) is 16.6. The van der Waals surface area contributed by atoms with E-state index in [2.05, 4.69) is 58.1 Å². The van der Waals surface area contributed by atoms with Crippen LogP contribution < -0.4 is 4.90 Å². The molecule has 0 aliphatic carbocycles. The van der Waals surface area contributed by atoms with Crippen molar-refractivity contribution in [3.8, 4) is 0 Å². The van der Waals surface area contributed by atoms with Crippen molar-refractivity contribution in [2.45, 2.75) is 44.3 Å². The van der Waals surface area contributed by atoms with Gasteiger partial charge in [-0.25, -0.2) is 0 Å². The number of anilines is 1. The summed E-state index contributed by atoms with van der Waals surface area (Å²) in [6.45, 7) is 4.66. The summed E-state index contributed by atoms with van der Waals surface area (Å²) in [5.41, 5.74) is 3.78. The number of pyridine rings is 1. The van der Waals surface area contributed by atoms with Crippen LogP contribution in [0.1, 0.15) is 49.5 Å². The van der Waals surface area contributed by atoms with Crippen molar-refractivity contribution in [1.82, 2.24) is 9.88 Å². The number of hydrogen-bond acceptors (Lipinski definition) is 5. The van der Waals surface area contributed by atoms with Gasteiger partial charge in [0.2, 0.25) is 0 Å². The Labute approximate surface area is 165 Å². The van der Waals surface area contributed by atoms with Gasteiger partial charge in [-0.2, -0.15) is 0 Å². The zero-order valence-electron chi connectivity index (χ0n) is 15.8. The summed E-state index contributed by atoms with van der Waals surface area (Å²) < 4.78 is 0. The highest BCUT2D eigenvalue weighted by atomic mass is 32.2. The van der Waals surface area contributed by atoms with Crippen LogP contribution in [0.25, 0.3) is 0 Å². The lowest BCUT2D eigenvalue weighted by molar-refractivity contribution is 0.255. The van der Waals surface area contributed by atoms with Gasteiger partial charge >= 0.3 is 0 Å². The normalized spacial score (nSPS) is 27.1. The van der Waals surface area contributed by atoms with E-state index in [-0.39, 0.29) is 12.1 Å². The zero-order chi connectivity index (χ0) is 18.2. The first-order valence-electron chi connectivity index (χ1n) is 10.1. The Morgan fingerprint density at radius 2 is 1.89 bits per heavy atom. The Morgan fingerprint density at radius 3 is 2.59 bits per heavy atom. The smallest absolute Gasteiger partial charge is 0.160 e. The second-order valence-electron chi connectivity index (χ2n) is 7.62. The molecule has 0 spiro atoms. The molecule has 27 heavy (non-hydrogen) atoms. The van der Waals surface area contributed by atoms with E-state index in [1.807, 2.05) is 24.0 Å². The molecule has 3 aliphatic rings. The summed E-state index contributed by atoms with van der Waals surface area (Å²) in [6, 6.07) is 16.3. The first-order chi connectivity index (χ1) is 13.3. The van der Waals surface area contributed by atoms with Crippen LogP contribution in [0.3, 0.4) is 0 Å². The molecular weight excluding hydrogens is 352 g/mol. The van der Waals surface area contributed by atoms with Gasteiger partial charge in [0.1, 0.15) is 6.04 Å². The maximum atomic E-state index is 5.11. The molecule has 3 atom stereocenters. The largest absolute Gasteiger partial charge is 0.372 e. The molecule has 0 N–H and O–H groups in total. The third-order valence-electron chi connectivity index (χ3n) is 6.04. The number of benzene rings is 1. The second kappa shape index (κ2) is 7.19. The quantitative estimate of drug-likeness (QED) is 0.774. The number of amidine groups is 1. The van der Waals surface area contributed by atoms with Crippen molar-refractivity contribution in [3.05, 3.63) is 59.9 Å². The molecule has 5 rings (SSSR count). The fourth-order valence-electron chi connectivity index (χ4n) is 4.57. The van der Waals surface area contributed by atoms with Crippen LogP contribution in [-0.4, -0.2) is 39.9 Å². The number of aromatic nitrogens is 1. The molecule has 4 heterocycles. The molecule has 2 aromatic rings. The van der Waals surface area contributed by atoms with Crippen LogP contribution in [0.4, 0.5) is 5.69 Å². The minimum absolute atomic E-state index is 0.0840. The topological polar surface area (TPSA) is 31.7 Å². The summed E-state index contributed by atoms with van der Waals surface area (Å²) >= 11 is 1.91. The lowest BCUT2D eigenvalue weighted by Crippen LogP contribution is -2.35. The van der Waals surface area contributed by atoms with Gasteiger partial charge in [-0.1, -0.05) is 36.9 Å². The van der Waals surface area contributed by atoms with E-state index < -0.39 is 0 Å². The third kappa shape index (κ3) is 3.02. The molecule has 140 valence electrons. The fraction of sp³-hybridized carbons (Fsp3) is 0.455. The van der Waals surface area contributed by atoms with E-state index in [0.717, 1.165) is 17.9 Å². The van der Waals surface area contributed by atoms with Crippen molar-refractivity contribution < 1.29 is 0 Å². The van der Waals surface area contributed by atoms with E-state index in [4.69, 9.17) is 4.99 Å². The number of thioether (sulfide) groups is 1. The number of nitrogens with zero attached hydrogens (tertiary/aromatic N) is 4. The Morgan fingerprint density at radius 1 is 1.07 bits per heavy atom. The van der Waals surface area contributed by atoms with Crippen LogP contribution >= 0.6 is 11.8 Å². The predicted octanol–water partition coefficient (Wildman–Crippen LogP) is 4.66. The SMILES string of the molecule is CC[C@@H]1CSC2=N[C@H](c3ccccn3)[C@@H](c3ccc(N4CCCC4)cc3)N21. The van der Waals surface area contributed by atoms with Gasteiger partial charge in [0.25, 0.3) is 0 Å². The molecular formula is C22H26N4S. The monoisotopic (exact) mass is 378 g/mol. The van der Waals surface area contributed by atoms with E-state index in [9.17, 15) is 0 Å². The van der Waals surface area contributed by atoms with Gasteiger partial charge in [0.05, 0.1) is 11.7 Å². The van der Waals surface area contributed by atoms with Crippen molar-refractivity contribution in [1.29, 1.82) is 0 Å². The fourth-order valence-corrected chi connectivity index (χ4v) is 5.90. The first kappa shape index (κ1) is 17.1. The molecule has 1 aromatic heterocycles. The predicted molar refractivity (Wildman–Crippen MR) is 113 cm³/mol. The van der Waals surface area contributed by atoms with E-state index in [1.165, 1.54) is 42.3 Å². The average Bonchev–Trinajstić information content (AvgIpc) is 3.45. The summed E-state index contributed by atoms with van der Waals surface area (Å²) in [7, 11) is 0. The molecule has 4 nitrogen and oxygen atoms in total. The molecule has 0 amide bonds. The molecule has 0 saturated carbocycles. The van der Waals surface area contributed by atoms with E-state index >= 15 is 0 Å². The highest BCUT2D eigenvalue weighted by Gasteiger charge is 2.45. The lowest BCUT2D eigenvalue weighted by atomic mass is 9.95. The minimum Gasteiger partial charge on any atom is -0.372 e. The Hall–Kier alpha value is -2.01. The van der Waals surface area contributed by atoms with E-state index in [0.29, 0.717) is 6.04 Å². The second-order valence-corrected chi connectivity index (χ2v) is 8.61. The molecule has 0 bridgehead atoms. The molecule has 1 aromatic carbocycles.